The molecule has 3 heterocycles. The number of ether oxygens (including phenoxy) is 3. The second kappa shape index (κ2) is 8.92. The first kappa shape index (κ1) is 19.3. The molecule has 2 aliphatic heterocycles. The van der Waals surface area contributed by atoms with Crippen molar-refractivity contribution in [1.82, 2.24) is 20.2 Å². The van der Waals surface area contributed by atoms with Crippen molar-refractivity contribution in [3.63, 3.8) is 0 Å². The molecule has 27 heavy (non-hydrogen) atoms. The molecule has 1 unspecified atom stereocenters. The summed E-state index contributed by atoms with van der Waals surface area (Å²) in [6, 6.07) is 0. The van der Waals surface area contributed by atoms with Crippen molar-refractivity contribution in [3.8, 4) is 11.8 Å². The van der Waals surface area contributed by atoms with Gasteiger partial charge in [0.25, 0.3) is 0 Å². The molecule has 1 atom stereocenters. The van der Waals surface area contributed by atoms with E-state index in [1.807, 2.05) is 33.0 Å². The molecule has 1 saturated heterocycles. The average Bonchev–Trinajstić information content (AvgIpc) is 2.66. The van der Waals surface area contributed by atoms with Crippen molar-refractivity contribution in [2.24, 2.45) is 0 Å². The first-order valence-corrected chi connectivity index (χ1v) is 9.53. The summed E-state index contributed by atoms with van der Waals surface area (Å²) in [5.41, 5.74) is 0.797. The highest BCUT2D eigenvalue weighted by molar-refractivity contribution is 5.67. The Hall–Kier alpha value is -2.51. The van der Waals surface area contributed by atoms with Gasteiger partial charge in [-0.05, 0) is 33.0 Å². The molecular formula is C19H28N4O4. The van der Waals surface area contributed by atoms with Crippen LogP contribution in [0.25, 0.3) is 0 Å². The molecule has 0 spiro atoms. The van der Waals surface area contributed by atoms with E-state index in [9.17, 15) is 4.79 Å². The number of likely N-dealkylation sites (tertiary alicyclic amines) is 1. The monoisotopic (exact) mass is 376 g/mol. The molecule has 1 fully saturated rings. The van der Waals surface area contributed by atoms with Crippen LogP contribution in [0.4, 0.5) is 4.79 Å². The van der Waals surface area contributed by atoms with Crippen LogP contribution < -0.4 is 14.8 Å². The van der Waals surface area contributed by atoms with Crippen LogP contribution in [0.3, 0.4) is 0 Å². The molecule has 148 valence electrons. The van der Waals surface area contributed by atoms with Crippen LogP contribution in [0.2, 0.25) is 0 Å². The van der Waals surface area contributed by atoms with E-state index in [0.29, 0.717) is 24.8 Å². The Morgan fingerprint density at radius 1 is 1.19 bits per heavy atom. The highest BCUT2D eigenvalue weighted by atomic mass is 16.6. The third kappa shape index (κ3) is 5.24. The first-order chi connectivity index (χ1) is 13.0. The van der Waals surface area contributed by atoms with Gasteiger partial charge < -0.3 is 24.4 Å². The number of carbonyl (C=O) groups is 1. The summed E-state index contributed by atoms with van der Waals surface area (Å²) < 4.78 is 17.3. The maximum Gasteiger partial charge on any atom is 0.410 e. The number of carbonyl (C=O) groups excluding carboxylic acids is 1. The zero-order valence-corrected chi connectivity index (χ0v) is 16.2. The normalized spacial score (nSPS) is 20.3. The fraction of sp³-hybridized carbons (Fsp3) is 0.632. The van der Waals surface area contributed by atoms with Gasteiger partial charge in [0, 0.05) is 38.9 Å². The third-order valence-corrected chi connectivity index (χ3v) is 4.57. The molecule has 8 heteroatoms. The Labute approximate surface area is 159 Å². The predicted octanol–water partition coefficient (Wildman–Crippen LogP) is 2.43. The minimum atomic E-state index is -0.257. The Kier molecular flexibility index (Phi) is 6.36. The van der Waals surface area contributed by atoms with Gasteiger partial charge in [0.2, 0.25) is 11.8 Å². The van der Waals surface area contributed by atoms with E-state index in [0.717, 1.165) is 31.4 Å². The standard InChI is InChI=1S/C19H28N4O4/c1-13(2)25-19(24)23-10-6-16(7-11-23)27-18-14(3)17(21-12-22-18)26-15-4-8-20-9-5-15/h4,8,12-13,15-16,20H,5-7,9-11H2,1-3H3. The number of nitrogens with zero attached hydrogens (tertiary/aromatic N) is 3. The maximum atomic E-state index is 12.0. The lowest BCUT2D eigenvalue weighted by Crippen LogP contribution is -2.42. The maximum absolute atomic E-state index is 12.0. The number of rotatable bonds is 5. The highest BCUT2D eigenvalue weighted by Crippen LogP contribution is 2.27. The molecule has 0 saturated carbocycles. The average molecular weight is 376 g/mol. The first-order valence-electron chi connectivity index (χ1n) is 9.53. The van der Waals surface area contributed by atoms with Gasteiger partial charge in [-0.25, -0.2) is 14.8 Å². The fourth-order valence-electron chi connectivity index (χ4n) is 3.07. The second-order valence-corrected chi connectivity index (χ2v) is 7.10. The lowest BCUT2D eigenvalue weighted by atomic mass is 10.1. The SMILES string of the molecule is Cc1c(OC2C=CNCC2)ncnc1OC1CCN(C(=O)OC(C)C)CC1. The van der Waals surface area contributed by atoms with Crippen LogP contribution >= 0.6 is 0 Å². The van der Waals surface area contributed by atoms with Crippen LogP contribution in [-0.2, 0) is 4.74 Å². The van der Waals surface area contributed by atoms with E-state index in [1.165, 1.54) is 6.33 Å². The van der Waals surface area contributed by atoms with E-state index in [4.69, 9.17) is 14.2 Å². The van der Waals surface area contributed by atoms with E-state index >= 15 is 0 Å². The van der Waals surface area contributed by atoms with E-state index in [-0.39, 0.29) is 24.4 Å². The van der Waals surface area contributed by atoms with Crippen LogP contribution in [-0.4, -0.2) is 58.9 Å². The Bertz CT molecular complexity index is 672. The van der Waals surface area contributed by atoms with Gasteiger partial charge in [-0.2, -0.15) is 0 Å². The Balaban J connectivity index is 1.55. The molecule has 3 rings (SSSR count). The van der Waals surface area contributed by atoms with Crippen LogP contribution in [0.5, 0.6) is 11.8 Å². The minimum Gasteiger partial charge on any atom is -0.474 e. The van der Waals surface area contributed by atoms with Crippen molar-refractivity contribution in [2.45, 2.75) is 58.3 Å². The van der Waals surface area contributed by atoms with Crippen LogP contribution in [0, 0.1) is 6.92 Å². The number of nitrogens with one attached hydrogen (secondary N) is 1. The number of amides is 1. The van der Waals surface area contributed by atoms with Gasteiger partial charge in [-0.15, -0.1) is 0 Å². The summed E-state index contributed by atoms with van der Waals surface area (Å²) in [5, 5.41) is 3.15. The molecule has 0 aromatic carbocycles. The lowest BCUT2D eigenvalue weighted by molar-refractivity contribution is 0.0504. The number of hydrogen-bond donors (Lipinski definition) is 1. The second-order valence-electron chi connectivity index (χ2n) is 7.10. The van der Waals surface area contributed by atoms with Crippen molar-refractivity contribution in [2.75, 3.05) is 19.6 Å². The summed E-state index contributed by atoms with van der Waals surface area (Å²) in [6.07, 6.45) is 7.37. The number of hydrogen-bond acceptors (Lipinski definition) is 7. The summed E-state index contributed by atoms with van der Waals surface area (Å²) in [6.45, 7) is 7.72. The van der Waals surface area contributed by atoms with Gasteiger partial charge in [-0.3, -0.25) is 0 Å². The Morgan fingerprint density at radius 2 is 1.89 bits per heavy atom. The van der Waals surface area contributed by atoms with Crippen molar-refractivity contribution < 1.29 is 19.0 Å². The molecule has 0 aliphatic carbocycles. The lowest BCUT2D eigenvalue weighted by Gasteiger charge is -2.32. The zero-order valence-electron chi connectivity index (χ0n) is 16.2. The van der Waals surface area contributed by atoms with Gasteiger partial charge in [-0.1, -0.05) is 0 Å². The van der Waals surface area contributed by atoms with E-state index in [1.54, 1.807) is 4.90 Å². The van der Waals surface area contributed by atoms with Crippen molar-refractivity contribution >= 4 is 6.09 Å². The van der Waals surface area contributed by atoms with Gasteiger partial charge in [0.1, 0.15) is 18.5 Å². The Morgan fingerprint density at radius 3 is 2.52 bits per heavy atom. The summed E-state index contributed by atoms with van der Waals surface area (Å²) in [5.74, 6) is 1.09. The largest absolute Gasteiger partial charge is 0.474 e. The van der Waals surface area contributed by atoms with Crippen molar-refractivity contribution in [3.05, 3.63) is 24.2 Å². The number of piperidine rings is 1. The third-order valence-electron chi connectivity index (χ3n) is 4.57. The van der Waals surface area contributed by atoms with E-state index in [2.05, 4.69) is 15.3 Å². The molecule has 2 aliphatic rings. The smallest absolute Gasteiger partial charge is 0.410 e. The van der Waals surface area contributed by atoms with Crippen LogP contribution in [0.1, 0.15) is 38.7 Å². The molecule has 0 bridgehead atoms. The molecule has 1 N–H and O–H groups in total. The molecule has 0 radical (unpaired) electrons. The molecule has 1 aromatic rings. The zero-order chi connectivity index (χ0) is 19.2. The molecular weight excluding hydrogens is 348 g/mol. The van der Waals surface area contributed by atoms with Gasteiger partial charge >= 0.3 is 6.09 Å². The summed E-state index contributed by atoms with van der Waals surface area (Å²) in [4.78, 5) is 22.2. The molecule has 1 aromatic heterocycles. The summed E-state index contributed by atoms with van der Waals surface area (Å²) >= 11 is 0. The predicted molar refractivity (Wildman–Crippen MR) is 99.8 cm³/mol. The summed E-state index contributed by atoms with van der Waals surface area (Å²) in [7, 11) is 0. The van der Waals surface area contributed by atoms with Gasteiger partial charge in [0.15, 0.2) is 0 Å². The minimum absolute atomic E-state index is 0.00269. The highest BCUT2D eigenvalue weighted by Gasteiger charge is 2.26. The quantitative estimate of drug-likeness (QED) is 0.844. The topological polar surface area (TPSA) is 85.8 Å². The number of aromatic nitrogens is 2. The molecule has 1 amide bonds. The van der Waals surface area contributed by atoms with E-state index < -0.39 is 0 Å². The van der Waals surface area contributed by atoms with Crippen LogP contribution in [0.15, 0.2) is 18.6 Å². The fourth-order valence-corrected chi connectivity index (χ4v) is 3.07. The van der Waals surface area contributed by atoms with Gasteiger partial charge in [0.05, 0.1) is 11.7 Å². The van der Waals surface area contributed by atoms with Crippen molar-refractivity contribution in [1.29, 1.82) is 0 Å². The molecule has 8 nitrogen and oxygen atoms in total.